The van der Waals surface area contributed by atoms with Gasteiger partial charge in [0, 0.05) is 5.54 Å². The van der Waals surface area contributed by atoms with E-state index in [1.807, 2.05) is 38.4 Å². The van der Waals surface area contributed by atoms with Crippen LogP contribution in [0.4, 0.5) is 0 Å². The zero-order chi connectivity index (χ0) is 14.5. The molecule has 2 unspecified atom stereocenters. The molecular weight excluding hydrogens is 238 g/mol. The summed E-state index contributed by atoms with van der Waals surface area (Å²) in [6.07, 6.45) is 1.38. The number of nitrogens with zero attached hydrogens (tertiary/aromatic N) is 1. The van der Waals surface area contributed by atoms with Crippen molar-refractivity contribution in [3.8, 4) is 5.75 Å². The van der Waals surface area contributed by atoms with Gasteiger partial charge in [0.05, 0.1) is 12.7 Å². The zero-order valence-corrected chi connectivity index (χ0v) is 12.8. The molecule has 0 spiro atoms. The molecule has 0 bridgehead atoms. The standard InChI is InChI=1S/C16H27NO2/c1-6-12-19-14-10-8-13(9-11-14)15(18)16(3,7-2)17(4)5/h8-11,15,18H,6-7,12H2,1-5H3. The van der Waals surface area contributed by atoms with E-state index >= 15 is 0 Å². The van der Waals surface area contributed by atoms with Crippen LogP contribution in [-0.4, -0.2) is 36.2 Å². The summed E-state index contributed by atoms with van der Waals surface area (Å²) in [5.41, 5.74) is 0.674. The monoisotopic (exact) mass is 265 g/mol. The smallest absolute Gasteiger partial charge is 0.119 e. The summed E-state index contributed by atoms with van der Waals surface area (Å²) in [5, 5.41) is 10.6. The molecule has 0 saturated carbocycles. The van der Waals surface area contributed by atoms with Crippen molar-refractivity contribution in [2.45, 2.75) is 45.3 Å². The molecule has 19 heavy (non-hydrogen) atoms. The normalized spacial score (nSPS) is 16.2. The molecule has 3 heteroatoms. The third-order valence-corrected chi connectivity index (χ3v) is 4.00. The van der Waals surface area contributed by atoms with Crippen LogP contribution in [0.5, 0.6) is 5.75 Å². The molecule has 0 radical (unpaired) electrons. The van der Waals surface area contributed by atoms with Crippen molar-refractivity contribution in [2.75, 3.05) is 20.7 Å². The number of benzene rings is 1. The van der Waals surface area contributed by atoms with Gasteiger partial charge < -0.3 is 14.7 Å². The lowest BCUT2D eigenvalue weighted by Crippen LogP contribution is -2.46. The van der Waals surface area contributed by atoms with E-state index in [2.05, 4.69) is 25.7 Å². The Labute approximate surface area is 117 Å². The fourth-order valence-electron chi connectivity index (χ4n) is 2.08. The second kappa shape index (κ2) is 6.92. The third-order valence-electron chi connectivity index (χ3n) is 4.00. The molecule has 0 saturated heterocycles. The topological polar surface area (TPSA) is 32.7 Å². The summed E-state index contributed by atoms with van der Waals surface area (Å²) in [6.45, 7) is 7.00. The van der Waals surface area contributed by atoms with Crippen molar-refractivity contribution in [3.63, 3.8) is 0 Å². The molecule has 0 heterocycles. The van der Waals surface area contributed by atoms with Crippen LogP contribution in [0.3, 0.4) is 0 Å². The fraction of sp³-hybridized carbons (Fsp3) is 0.625. The molecule has 0 fully saturated rings. The molecule has 1 aromatic carbocycles. The molecule has 3 nitrogen and oxygen atoms in total. The Kier molecular flexibility index (Phi) is 5.83. The van der Waals surface area contributed by atoms with Crippen LogP contribution in [0.15, 0.2) is 24.3 Å². The third kappa shape index (κ3) is 3.71. The van der Waals surface area contributed by atoms with E-state index < -0.39 is 6.10 Å². The molecule has 0 aliphatic heterocycles. The molecular formula is C16H27NO2. The quantitative estimate of drug-likeness (QED) is 0.821. The highest BCUT2D eigenvalue weighted by Gasteiger charge is 2.34. The summed E-state index contributed by atoms with van der Waals surface area (Å²) in [5.74, 6) is 0.862. The molecule has 0 amide bonds. The first-order chi connectivity index (χ1) is 8.95. The number of ether oxygens (including phenoxy) is 1. The first-order valence-corrected chi connectivity index (χ1v) is 7.04. The number of rotatable bonds is 7. The molecule has 0 aliphatic rings. The first-order valence-electron chi connectivity index (χ1n) is 7.04. The molecule has 1 N–H and O–H groups in total. The minimum Gasteiger partial charge on any atom is -0.494 e. The van der Waals surface area contributed by atoms with Crippen LogP contribution in [0.1, 0.15) is 45.3 Å². The predicted molar refractivity (Wildman–Crippen MR) is 79.6 cm³/mol. The Bertz CT molecular complexity index is 375. The maximum Gasteiger partial charge on any atom is 0.119 e. The van der Waals surface area contributed by atoms with Crippen LogP contribution >= 0.6 is 0 Å². The SMILES string of the molecule is CCCOc1ccc(C(O)C(C)(CC)N(C)C)cc1. The summed E-state index contributed by atoms with van der Waals surface area (Å²) < 4.78 is 5.56. The van der Waals surface area contributed by atoms with Crippen LogP contribution in [0, 0.1) is 0 Å². The van der Waals surface area contributed by atoms with Gasteiger partial charge in [-0.25, -0.2) is 0 Å². The second-order valence-electron chi connectivity index (χ2n) is 5.43. The molecule has 0 aromatic heterocycles. The Morgan fingerprint density at radius 2 is 1.79 bits per heavy atom. The van der Waals surface area contributed by atoms with Gasteiger partial charge in [0.2, 0.25) is 0 Å². The van der Waals surface area contributed by atoms with E-state index in [0.717, 1.165) is 30.8 Å². The van der Waals surface area contributed by atoms with E-state index in [-0.39, 0.29) is 5.54 Å². The van der Waals surface area contributed by atoms with Gasteiger partial charge in [0.15, 0.2) is 0 Å². The van der Waals surface area contributed by atoms with Gasteiger partial charge in [-0.05, 0) is 51.6 Å². The highest BCUT2D eigenvalue weighted by Crippen LogP contribution is 2.33. The average molecular weight is 265 g/mol. The molecule has 0 aliphatic carbocycles. The van der Waals surface area contributed by atoms with E-state index in [1.165, 1.54) is 0 Å². The van der Waals surface area contributed by atoms with E-state index in [1.54, 1.807) is 0 Å². The van der Waals surface area contributed by atoms with Crippen molar-refractivity contribution >= 4 is 0 Å². The average Bonchev–Trinajstić information content (AvgIpc) is 2.43. The Morgan fingerprint density at radius 3 is 2.21 bits per heavy atom. The molecule has 1 rings (SSSR count). The fourth-order valence-corrected chi connectivity index (χ4v) is 2.08. The molecule has 2 atom stereocenters. The minimum atomic E-state index is -0.507. The van der Waals surface area contributed by atoms with Gasteiger partial charge in [0.25, 0.3) is 0 Å². The van der Waals surface area contributed by atoms with E-state index in [0.29, 0.717) is 0 Å². The Morgan fingerprint density at radius 1 is 1.21 bits per heavy atom. The lowest BCUT2D eigenvalue weighted by atomic mass is 9.86. The Balaban J connectivity index is 2.85. The summed E-state index contributed by atoms with van der Waals surface area (Å²) in [7, 11) is 4.01. The number of likely N-dealkylation sites (N-methyl/N-ethyl adjacent to an activating group) is 1. The maximum atomic E-state index is 10.6. The van der Waals surface area contributed by atoms with E-state index in [4.69, 9.17) is 4.74 Å². The largest absolute Gasteiger partial charge is 0.494 e. The van der Waals surface area contributed by atoms with E-state index in [9.17, 15) is 5.11 Å². The second-order valence-corrected chi connectivity index (χ2v) is 5.43. The van der Waals surface area contributed by atoms with Crippen LogP contribution in [0.2, 0.25) is 0 Å². The number of aliphatic hydroxyl groups excluding tert-OH is 1. The van der Waals surface area contributed by atoms with Crippen molar-refractivity contribution in [1.82, 2.24) is 4.90 Å². The predicted octanol–water partition coefficient (Wildman–Crippen LogP) is 3.24. The summed E-state index contributed by atoms with van der Waals surface area (Å²) in [4.78, 5) is 2.08. The Hall–Kier alpha value is -1.06. The number of hydrogen-bond acceptors (Lipinski definition) is 3. The van der Waals surface area contributed by atoms with Crippen molar-refractivity contribution < 1.29 is 9.84 Å². The van der Waals surface area contributed by atoms with Crippen molar-refractivity contribution in [3.05, 3.63) is 29.8 Å². The van der Waals surface area contributed by atoms with Gasteiger partial charge in [-0.2, -0.15) is 0 Å². The summed E-state index contributed by atoms with van der Waals surface area (Å²) in [6, 6.07) is 7.76. The van der Waals surface area contributed by atoms with Crippen LogP contribution in [-0.2, 0) is 0 Å². The van der Waals surface area contributed by atoms with Gasteiger partial charge in [-0.3, -0.25) is 0 Å². The summed E-state index contributed by atoms with van der Waals surface area (Å²) >= 11 is 0. The highest BCUT2D eigenvalue weighted by molar-refractivity contribution is 5.30. The molecule has 108 valence electrons. The van der Waals surface area contributed by atoms with Crippen LogP contribution < -0.4 is 4.74 Å². The van der Waals surface area contributed by atoms with Crippen LogP contribution in [0.25, 0.3) is 0 Å². The van der Waals surface area contributed by atoms with Gasteiger partial charge in [0.1, 0.15) is 5.75 Å². The van der Waals surface area contributed by atoms with Gasteiger partial charge in [-0.1, -0.05) is 26.0 Å². The lowest BCUT2D eigenvalue weighted by Gasteiger charge is -2.40. The first kappa shape index (κ1) is 16.0. The zero-order valence-electron chi connectivity index (χ0n) is 12.8. The van der Waals surface area contributed by atoms with Gasteiger partial charge >= 0.3 is 0 Å². The number of hydrogen-bond donors (Lipinski definition) is 1. The van der Waals surface area contributed by atoms with Crippen molar-refractivity contribution in [2.24, 2.45) is 0 Å². The minimum absolute atomic E-state index is 0.258. The highest BCUT2D eigenvalue weighted by atomic mass is 16.5. The lowest BCUT2D eigenvalue weighted by molar-refractivity contribution is 0.000842. The molecule has 1 aromatic rings. The van der Waals surface area contributed by atoms with Crippen molar-refractivity contribution in [1.29, 1.82) is 0 Å². The maximum absolute atomic E-state index is 10.6. The van der Waals surface area contributed by atoms with Gasteiger partial charge in [-0.15, -0.1) is 0 Å². The number of aliphatic hydroxyl groups is 1.